The first kappa shape index (κ1) is 20.5. The molecule has 0 aromatic heterocycles. The molecule has 0 saturated carbocycles. The van der Waals surface area contributed by atoms with Crippen LogP contribution in [0.2, 0.25) is 0 Å². The first-order valence-corrected chi connectivity index (χ1v) is 10.2. The Bertz CT molecular complexity index is 1020. The summed E-state index contributed by atoms with van der Waals surface area (Å²) in [5, 5.41) is 17.0. The molecule has 0 atom stereocenters. The highest BCUT2D eigenvalue weighted by molar-refractivity contribution is 6.39. The fourth-order valence-electron chi connectivity index (χ4n) is 3.85. The lowest BCUT2D eigenvalue weighted by Gasteiger charge is -2.36. The molecule has 4 rings (SSSR count). The molecule has 2 aromatic carbocycles. The number of amides is 2. The first-order chi connectivity index (χ1) is 15.0. The number of hydrazone groups is 1. The Labute approximate surface area is 179 Å². The molecule has 0 spiro atoms. The van der Waals surface area contributed by atoms with Gasteiger partial charge in [-0.1, -0.05) is 42.5 Å². The van der Waals surface area contributed by atoms with Gasteiger partial charge in [0.1, 0.15) is 11.4 Å². The Morgan fingerprint density at radius 2 is 1.65 bits per heavy atom. The summed E-state index contributed by atoms with van der Waals surface area (Å²) in [6.45, 7) is 2.21. The average molecular weight is 421 g/mol. The van der Waals surface area contributed by atoms with E-state index in [-0.39, 0.29) is 28.8 Å². The third-order valence-electron chi connectivity index (χ3n) is 5.51. The van der Waals surface area contributed by atoms with Gasteiger partial charge in [-0.2, -0.15) is 5.10 Å². The Kier molecular flexibility index (Phi) is 5.92. The van der Waals surface area contributed by atoms with Gasteiger partial charge in [0.05, 0.1) is 11.5 Å². The van der Waals surface area contributed by atoms with Crippen molar-refractivity contribution in [2.24, 2.45) is 5.10 Å². The molecule has 0 radical (unpaired) electrons. The molecule has 0 aliphatic carbocycles. The molecule has 0 unspecified atom stereocenters. The molecule has 2 aliphatic rings. The van der Waals surface area contributed by atoms with Crippen LogP contribution in [0.15, 0.2) is 59.7 Å². The number of hydrogen-bond donors (Lipinski definition) is 0. The number of anilines is 1. The van der Waals surface area contributed by atoms with Gasteiger partial charge in [0, 0.05) is 45.1 Å². The highest BCUT2D eigenvalue weighted by Crippen LogP contribution is 2.28. The van der Waals surface area contributed by atoms with Gasteiger partial charge in [-0.3, -0.25) is 19.7 Å². The van der Waals surface area contributed by atoms with Gasteiger partial charge >= 0.3 is 0 Å². The third kappa shape index (κ3) is 4.55. The normalized spacial score (nSPS) is 16.8. The highest BCUT2D eigenvalue weighted by atomic mass is 16.6. The van der Waals surface area contributed by atoms with Gasteiger partial charge < -0.3 is 9.80 Å². The second-order valence-electron chi connectivity index (χ2n) is 7.51. The van der Waals surface area contributed by atoms with Crippen molar-refractivity contribution in [3.8, 4) is 0 Å². The fourth-order valence-corrected chi connectivity index (χ4v) is 3.85. The number of nitrogens with zero attached hydrogens (tertiary/aromatic N) is 5. The number of benzene rings is 2. The summed E-state index contributed by atoms with van der Waals surface area (Å²) in [4.78, 5) is 39.8. The van der Waals surface area contributed by atoms with Crippen molar-refractivity contribution in [2.75, 3.05) is 31.1 Å². The molecule has 2 aromatic rings. The molecule has 2 amide bonds. The average Bonchev–Trinajstić information content (AvgIpc) is 2.81. The van der Waals surface area contributed by atoms with Crippen LogP contribution in [-0.4, -0.2) is 58.5 Å². The van der Waals surface area contributed by atoms with Crippen LogP contribution < -0.4 is 4.90 Å². The van der Waals surface area contributed by atoms with E-state index < -0.39 is 0 Å². The molecule has 2 aliphatic heterocycles. The van der Waals surface area contributed by atoms with Crippen LogP contribution in [0, 0.1) is 10.1 Å². The second kappa shape index (κ2) is 8.95. The van der Waals surface area contributed by atoms with E-state index in [9.17, 15) is 19.7 Å². The van der Waals surface area contributed by atoms with Crippen molar-refractivity contribution in [2.45, 2.75) is 19.4 Å². The van der Waals surface area contributed by atoms with Crippen molar-refractivity contribution < 1.29 is 14.5 Å². The zero-order chi connectivity index (χ0) is 21.8. The van der Waals surface area contributed by atoms with E-state index in [1.54, 1.807) is 23.1 Å². The summed E-state index contributed by atoms with van der Waals surface area (Å²) >= 11 is 0. The van der Waals surface area contributed by atoms with Gasteiger partial charge in [-0.05, 0) is 11.6 Å². The Morgan fingerprint density at radius 1 is 0.968 bits per heavy atom. The highest BCUT2D eigenvalue weighted by Gasteiger charge is 2.30. The van der Waals surface area contributed by atoms with Crippen molar-refractivity contribution >= 4 is 28.9 Å². The fraction of sp³-hybridized carbons (Fsp3) is 0.318. The minimum Gasteiger partial charge on any atom is -0.362 e. The minimum atomic E-state index is -0.387. The summed E-state index contributed by atoms with van der Waals surface area (Å²) in [5.41, 5.74) is 1.96. The van der Waals surface area contributed by atoms with Crippen molar-refractivity contribution in [3.63, 3.8) is 0 Å². The number of piperazine rings is 1. The number of carbonyl (C=O) groups is 2. The zero-order valence-electron chi connectivity index (χ0n) is 17.0. The van der Waals surface area contributed by atoms with E-state index >= 15 is 0 Å². The van der Waals surface area contributed by atoms with E-state index in [2.05, 4.69) is 5.10 Å². The number of carbonyl (C=O) groups excluding carboxylic acids is 2. The summed E-state index contributed by atoms with van der Waals surface area (Å²) < 4.78 is 0. The van der Waals surface area contributed by atoms with Crippen LogP contribution in [0.5, 0.6) is 0 Å². The maximum absolute atomic E-state index is 13.0. The van der Waals surface area contributed by atoms with Crippen LogP contribution in [0.4, 0.5) is 11.4 Å². The van der Waals surface area contributed by atoms with Crippen molar-refractivity contribution in [1.29, 1.82) is 0 Å². The molecule has 1 saturated heterocycles. The van der Waals surface area contributed by atoms with E-state index in [1.165, 1.54) is 11.1 Å². The number of para-hydroxylation sites is 2. The molecule has 0 N–H and O–H groups in total. The minimum absolute atomic E-state index is 0.0639. The largest absolute Gasteiger partial charge is 0.362 e. The van der Waals surface area contributed by atoms with Crippen LogP contribution >= 0.6 is 0 Å². The lowest BCUT2D eigenvalue weighted by atomic mass is 10.1. The SMILES string of the molecule is O=C(C1=NN(Cc2ccccc2)C(=O)CC1)N1CCN(c2ccccc2[N+](=O)[O-])CC1. The van der Waals surface area contributed by atoms with Crippen LogP contribution in [0.3, 0.4) is 0 Å². The number of nitro groups is 1. The molecule has 0 bridgehead atoms. The van der Waals surface area contributed by atoms with Gasteiger partial charge in [-0.15, -0.1) is 0 Å². The molecule has 31 heavy (non-hydrogen) atoms. The third-order valence-corrected chi connectivity index (χ3v) is 5.51. The lowest BCUT2D eigenvalue weighted by molar-refractivity contribution is -0.384. The van der Waals surface area contributed by atoms with Crippen molar-refractivity contribution in [1.82, 2.24) is 9.91 Å². The predicted octanol–water partition coefficient (Wildman–Crippen LogP) is 2.42. The van der Waals surface area contributed by atoms with Crippen LogP contribution in [0.1, 0.15) is 18.4 Å². The maximum atomic E-state index is 13.0. The smallest absolute Gasteiger partial charge is 0.292 e. The monoisotopic (exact) mass is 421 g/mol. The number of nitro benzene ring substituents is 1. The van der Waals surface area contributed by atoms with E-state index in [4.69, 9.17) is 0 Å². The molecule has 1 fully saturated rings. The lowest BCUT2D eigenvalue weighted by Crippen LogP contribution is -2.51. The molecule has 160 valence electrons. The second-order valence-corrected chi connectivity index (χ2v) is 7.51. The summed E-state index contributed by atoms with van der Waals surface area (Å²) in [7, 11) is 0. The molecular formula is C22H23N5O4. The maximum Gasteiger partial charge on any atom is 0.292 e. The predicted molar refractivity (Wildman–Crippen MR) is 116 cm³/mol. The molecule has 9 nitrogen and oxygen atoms in total. The molecule has 2 heterocycles. The Hall–Kier alpha value is -3.75. The first-order valence-electron chi connectivity index (χ1n) is 10.2. The summed E-state index contributed by atoms with van der Waals surface area (Å²) in [5.74, 6) is -0.269. The van der Waals surface area contributed by atoms with Crippen LogP contribution in [0.25, 0.3) is 0 Å². The quantitative estimate of drug-likeness (QED) is 0.545. The van der Waals surface area contributed by atoms with E-state index in [1.807, 2.05) is 35.2 Å². The van der Waals surface area contributed by atoms with Crippen molar-refractivity contribution in [3.05, 3.63) is 70.3 Å². The van der Waals surface area contributed by atoms with Gasteiger partial charge in [0.15, 0.2) is 0 Å². The van der Waals surface area contributed by atoms with E-state index in [0.717, 1.165) is 5.56 Å². The Balaban J connectivity index is 1.42. The standard InChI is InChI=1S/C22H23N5O4/c28-21-11-10-18(23-26(21)16-17-6-2-1-3-7-17)22(29)25-14-12-24(13-15-25)19-8-4-5-9-20(19)27(30)31/h1-9H,10-16H2. The number of hydrogen-bond acceptors (Lipinski definition) is 6. The van der Waals surface area contributed by atoms with E-state index in [0.29, 0.717) is 50.5 Å². The van der Waals surface area contributed by atoms with Gasteiger partial charge in [0.25, 0.3) is 11.6 Å². The van der Waals surface area contributed by atoms with Crippen LogP contribution in [-0.2, 0) is 16.1 Å². The molecular weight excluding hydrogens is 398 g/mol. The zero-order valence-corrected chi connectivity index (χ0v) is 17.0. The number of rotatable bonds is 5. The Morgan fingerprint density at radius 3 is 2.35 bits per heavy atom. The topological polar surface area (TPSA) is 99.4 Å². The van der Waals surface area contributed by atoms with Gasteiger partial charge in [-0.25, -0.2) is 5.01 Å². The summed E-state index contributed by atoms with van der Waals surface area (Å²) in [6, 6.07) is 16.2. The van der Waals surface area contributed by atoms with Gasteiger partial charge in [0.2, 0.25) is 5.91 Å². The molecule has 9 heteroatoms. The summed E-state index contributed by atoms with van der Waals surface area (Å²) in [6.07, 6.45) is 0.584.